The Bertz CT molecular complexity index is 345. The molecule has 136 valence electrons. The zero-order valence-corrected chi connectivity index (χ0v) is 17.7. The van der Waals surface area contributed by atoms with Gasteiger partial charge in [-0.05, 0) is 50.5 Å². The molecule has 0 atom stereocenters. The second-order valence-electron chi connectivity index (χ2n) is 7.25. The summed E-state index contributed by atoms with van der Waals surface area (Å²) >= 11 is 0. The van der Waals surface area contributed by atoms with Gasteiger partial charge in [-0.15, -0.1) is 24.0 Å². The molecule has 1 saturated carbocycles. The fourth-order valence-electron chi connectivity index (χ4n) is 4.06. The van der Waals surface area contributed by atoms with Gasteiger partial charge in [0.2, 0.25) is 0 Å². The first-order chi connectivity index (χ1) is 10.7. The highest BCUT2D eigenvalue weighted by Crippen LogP contribution is 2.40. The fraction of sp³-hybridized carbons (Fsp3) is 0.944. The van der Waals surface area contributed by atoms with Gasteiger partial charge >= 0.3 is 0 Å². The molecule has 23 heavy (non-hydrogen) atoms. The monoisotopic (exact) mass is 436 g/mol. The van der Waals surface area contributed by atoms with Crippen molar-refractivity contribution in [3.05, 3.63) is 0 Å². The lowest BCUT2D eigenvalue weighted by Gasteiger charge is -2.34. The highest BCUT2D eigenvalue weighted by Gasteiger charge is 2.32. The van der Waals surface area contributed by atoms with Crippen molar-refractivity contribution in [2.45, 2.75) is 71.3 Å². The highest BCUT2D eigenvalue weighted by molar-refractivity contribution is 14.0. The molecule has 1 aliphatic carbocycles. The summed E-state index contributed by atoms with van der Waals surface area (Å²) in [5, 5.41) is 7.26. The predicted molar refractivity (Wildman–Crippen MR) is 111 cm³/mol. The molecule has 2 N–H and O–H groups in total. The minimum Gasteiger partial charge on any atom is -0.356 e. The number of aliphatic imine (C=N–C) groups is 1. The van der Waals surface area contributed by atoms with Crippen molar-refractivity contribution in [1.82, 2.24) is 15.5 Å². The lowest BCUT2D eigenvalue weighted by Crippen LogP contribution is -2.50. The quantitative estimate of drug-likeness (QED) is 0.380. The largest absolute Gasteiger partial charge is 0.356 e. The van der Waals surface area contributed by atoms with Crippen LogP contribution in [0.1, 0.15) is 65.2 Å². The summed E-state index contributed by atoms with van der Waals surface area (Å²) in [7, 11) is 1.90. The molecule has 1 saturated heterocycles. The summed E-state index contributed by atoms with van der Waals surface area (Å²) in [6.07, 6.45) is 10.6. The van der Waals surface area contributed by atoms with Gasteiger partial charge in [0.25, 0.3) is 0 Å². The predicted octanol–water partition coefficient (Wildman–Crippen LogP) is 3.61. The zero-order chi connectivity index (χ0) is 15.8. The van der Waals surface area contributed by atoms with Crippen LogP contribution < -0.4 is 10.6 Å². The third-order valence-electron chi connectivity index (χ3n) is 5.74. The van der Waals surface area contributed by atoms with Crippen molar-refractivity contribution < 1.29 is 0 Å². The standard InChI is InChI=1S/C18H36N4.HI/c1-4-12-22-13-8-16(9-14-22)21-17(19-3)20-15-18(5-2)10-6-7-11-18;/h16H,4-15H2,1-3H3,(H2,19,20,21);1H. The van der Waals surface area contributed by atoms with Crippen molar-refractivity contribution in [2.24, 2.45) is 10.4 Å². The summed E-state index contributed by atoms with van der Waals surface area (Å²) in [6, 6.07) is 0.584. The van der Waals surface area contributed by atoms with Gasteiger partial charge in [-0.2, -0.15) is 0 Å². The minimum absolute atomic E-state index is 0. The number of piperidine rings is 1. The molecular weight excluding hydrogens is 399 g/mol. The Hall–Kier alpha value is -0.0400. The van der Waals surface area contributed by atoms with E-state index >= 15 is 0 Å². The van der Waals surface area contributed by atoms with E-state index in [9.17, 15) is 0 Å². The molecule has 0 unspecified atom stereocenters. The van der Waals surface area contributed by atoms with E-state index in [0.717, 1.165) is 12.5 Å². The molecule has 0 aromatic carbocycles. The van der Waals surface area contributed by atoms with Crippen molar-refractivity contribution in [3.8, 4) is 0 Å². The molecule has 2 aliphatic rings. The third-order valence-corrected chi connectivity index (χ3v) is 5.74. The number of hydrogen-bond donors (Lipinski definition) is 2. The van der Waals surface area contributed by atoms with Crippen molar-refractivity contribution in [2.75, 3.05) is 33.2 Å². The Morgan fingerprint density at radius 2 is 1.83 bits per heavy atom. The van der Waals surface area contributed by atoms with Crippen LogP contribution in [-0.4, -0.2) is 50.1 Å². The maximum Gasteiger partial charge on any atom is 0.191 e. The van der Waals surface area contributed by atoms with Gasteiger partial charge in [0, 0.05) is 32.7 Å². The highest BCUT2D eigenvalue weighted by atomic mass is 127. The summed E-state index contributed by atoms with van der Waals surface area (Å²) in [5.74, 6) is 1.01. The summed E-state index contributed by atoms with van der Waals surface area (Å²) in [4.78, 5) is 7.03. The second-order valence-corrected chi connectivity index (χ2v) is 7.25. The van der Waals surface area contributed by atoms with Crippen LogP contribution in [0.25, 0.3) is 0 Å². The maximum atomic E-state index is 4.44. The number of nitrogens with zero attached hydrogens (tertiary/aromatic N) is 2. The molecule has 5 heteroatoms. The van der Waals surface area contributed by atoms with Crippen LogP contribution in [-0.2, 0) is 0 Å². The molecule has 0 spiro atoms. The topological polar surface area (TPSA) is 39.7 Å². The first kappa shape index (κ1) is 21.0. The lowest BCUT2D eigenvalue weighted by molar-refractivity contribution is 0.206. The van der Waals surface area contributed by atoms with Gasteiger partial charge in [0.1, 0.15) is 0 Å². The smallest absolute Gasteiger partial charge is 0.191 e. The number of guanidine groups is 1. The van der Waals surface area contributed by atoms with Crippen LogP contribution in [0.15, 0.2) is 4.99 Å². The van der Waals surface area contributed by atoms with Gasteiger partial charge in [-0.25, -0.2) is 0 Å². The van der Waals surface area contributed by atoms with Crippen molar-refractivity contribution in [3.63, 3.8) is 0 Å². The van der Waals surface area contributed by atoms with E-state index in [2.05, 4.69) is 34.4 Å². The number of halogens is 1. The van der Waals surface area contributed by atoms with Gasteiger partial charge in [-0.3, -0.25) is 4.99 Å². The summed E-state index contributed by atoms with van der Waals surface area (Å²) < 4.78 is 0. The molecule has 2 rings (SSSR count). The Labute approximate surface area is 160 Å². The van der Waals surface area contributed by atoms with Crippen molar-refractivity contribution in [1.29, 1.82) is 0 Å². The molecular formula is C18H37IN4. The van der Waals surface area contributed by atoms with Crippen LogP contribution in [0.4, 0.5) is 0 Å². The Morgan fingerprint density at radius 1 is 1.17 bits per heavy atom. The maximum absolute atomic E-state index is 4.44. The SMILES string of the molecule is CCCN1CCC(NC(=NC)NCC2(CC)CCCC2)CC1.I. The number of rotatable bonds is 6. The van der Waals surface area contributed by atoms with E-state index in [4.69, 9.17) is 0 Å². The average Bonchev–Trinajstić information content (AvgIpc) is 3.03. The minimum atomic E-state index is 0. The number of hydrogen-bond acceptors (Lipinski definition) is 2. The van der Waals surface area contributed by atoms with E-state index in [0.29, 0.717) is 11.5 Å². The summed E-state index contributed by atoms with van der Waals surface area (Å²) in [6.45, 7) is 9.38. The molecule has 4 nitrogen and oxygen atoms in total. The van der Waals surface area contributed by atoms with E-state index < -0.39 is 0 Å². The average molecular weight is 436 g/mol. The lowest BCUT2D eigenvalue weighted by atomic mass is 9.83. The van der Waals surface area contributed by atoms with Crippen LogP contribution in [0.3, 0.4) is 0 Å². The van der Waals surface area contributed by atoms with E-state index in [1.807, 2.05) is 7.05 Å². The van der Waals surface area contributed by atoms with Crippen LogP contribution >= 0.6 is 24.0 Å². The Morgan fingerprint density at radius 3 is 2.35 bits per heavy atom. The Balaban J connectivity index is 0.00000264. The molecule has 0 aromatic rings. The normalized spacial score (nSPS) is 22.7. The fourth-order valence-corrected chi connectivity index (χ4v) is 4.06. The van der Waals surface area contributed by atoms with Crippen molar-refractivity contribution >= 4 is 29.9 Å². The van der Waals surface area contributed by atoms with Gasteiger partial charge in [0.05, 0.1) is 0 Å². The van der Waals surface area contributed by atoms with Gasteiger partial charge in [-0.1, -0.05) is 26.7 Å². The molecule has 1 aliphatic heterocycles. The molecule has 0 amide bonds. The molecule has 0 radical (unpaired) electrons. The first-order valence-corrected chi connectivity index (χ1v) is 9.41. The summed E-state index contributed by atoms with van der Waals surface area (Å²) in [5.41, 5.74) is 0.516. The molecule has 0 bridgehead atoms. The van der Waals surface area contributed by atoms with E-state index in [-0.39, 0.29) is 24.0 Å². The van der Waals surface area contributed by atoms with Gasteiger partial charge < -0.3 is 15.5 Å². The third kappa shape index (κ3) is 6.40. The molecule has 0 aromatic heterocycles. The molecule has 1 heterocycles. The van der Waals surface area contributed by atoms with E-state index in [1.54, 1.807) is 0 Å². The number of likely N-dealkylation sites (tertiary alicyclic amines) is 1. The Kier molecular flexibility index (Phi) is 9.82. The zero-order valence-electron chi connectivity index (χ0n) is 15.4. The second kappa shape index (κ2) is 10.7. The first-order valence-electron chi connectivity index (χ1n) is 9.41. The van der Waals surface area contributed by atoms with Crippen LogP contribution in [0.5, 0.6) is 0 Å². The van der Waals surface area contributed by atoms with Crippen LogP contribution in [0.2, 0.25) is 0 Å². The van der Waals surface area contributed by atoms with Gasteiger partial charge in [0.15, 0.2) is 5.96 Å². The van der Waals surface area contributed by atoms with E-state index in [1.165, 1.54) is 71.0 Å². The molecule has 2 fully saturated rings. The number of nitrogens with one attached hydrogen (secondary N) is 2. The van der Waals surface area contributed by atoms with Crippen LogP contribution in [0, 0.1) is 5.41 Å².